The van der Waals surface area contributed by atoms with Crippen LogP contribution < -0.4 is 5.32 Å². The zero-order valence-corrected chi connectivity index (χ0v) is 16.1. The van der Waals surface area contributed by atoms with E-state index in [1.807, 2.05) is 36.4 Å². The van der Waals surface area contributed by atoms with Gasteiger partial charge in [0, 0.05) is 16.5 Å². The van der Waals surface area contributed by atoms with Crippen LogP contribution in [0.15, 0.2) is 53.0 Å². The predicted molar refractivity (Wildman–Crippen MR) is 102 cm³/mol. The Balaban J connectivity index is 2.09. The molecule has 0 heterocycles. The first kappa shape index (κ1) is 19.2. The van der Waals surface area contributed by atoms with E-state index < -0.39 is 12.0 Å². The molecule has 132 valence electrons. The molecule has 0 spiro atoms. The lowest BCUT2D eigenvalue weighted by atomic mass is 9.86. The molecule has 0 fully saturated rings. The molecule has 1 amide bonds. The van der Waals surface area contributed by atoms with Gasteiger partial charge < -0.3 is 10.4 Å². The first-order chi connectivity index (χ1) is 11.7. The summed E-state index contributed by atoms with van der Waals surface area (Å²) in [4.78, 5) is 23.9. The number of nitrogens with one attached hydrogen (secondary N) is 1. The Kier molecular flexibility index (Phi) is 6.01. The summed E-state index contributed by atoms with van der Waals surface area (Å²) in [5.41, 5.74) is 2.42. The van der Waals surface area contributed by atoms with E-state index in [-0.39, 0.29) is 17.7 Å². The second kappa shape index (κ2) is 7.83. The summed E-state index contributed by atoms with van der Waals surface area (Å²) in [6.45, 7) is 6.29. The number of benzene rings is 2. The first-order valence-electron chi connectivity index (χ1n) is 8.05. The SMILES string of the molecule is CC(C)(C)c1ccc(C(=O)N[C@H](Cc2ccc(Br)cc2)C(=O)O)cc1. The van der Waals surface area contributed by atoms with Gasteiger partial charge >= 0.3 is 5.97 Å². The van der Waals surface area contributed by atoms with Gasteiger partial charge in [-0.2, -0.15) is 0 Å². The van der Waals surface area contributed by atoms with Gasteiger partial charge in [-0.1, -0.05) is 61.0 Å². The number of aliphatic carboxylic acids is 1. The molecule has 25 heavy (non-hydrogen) atoms. The summed E-state index contributed by atoms with van der Waals surface area (Å²) in [5, 5.41) is 12.0. The standard InChI is InChI=1S/C20H22BrNO3/c1-20(2,3)15-8-6-14(7-9-15)18(23)22-17(19(24)25)12-13-4-10-16(21)11-5-13/h4-11,17H,12H2,1-3H3,(H,22,23)(H,24,25)/t17-/m1/s1. The van der Waals surface area contributed by atoms with Gasteiger partial charge in [0.2, 0.25) is 0 Å². The van der Waals surface area contributed by atoms with Crippen molar-refractivity contribution >= 4 is 27.8 Å². The molecule has 5 heteroatoms. The molecule has 0 aromatic heterocycles. The van der Waals surface area contributed by atoms with Crippen LogP contribution in [-0.4, -0.2) is 23.0 Å². The number of carboxylic acids is 1. The third kappa shape index (κ3) is 5.43. The van der Waals surface area contributed by atoms with Crippen LogP contribution in [0.5, 0.6) is 0 Å². The van der Waals surface area contributed by atoms with Crippen LogP contribution in [0, 0.1) is 0 Å². The average Bonchev–Trinajstić information content (AvgIpc) is 2.55. The molecule has 2 aromatic carbocycles. The van der Waals surface area contributed by atoms with E-state index in [0.29, 0.717) is 5.56 Å². The zero-order chi connectivity index (χ0) is 18.6. The normalized spacial score (nSPS) is 12.5. The van der Waals surface area contributed by atoms with Crippen molar-refractivity contribution in [3.63, 3.8) is 0 Å². The summed E-state index contributed by atoms with van der Waals surface area (Å²) < 4.78 is 0.922. The summed E-state index contributed by atoms with van der Waals surface area (Å²) in [6, 6.07) is 13.7. The van der Waals surface area contributed by atoms with Crippen LogP contribution in [0.2, 0.25) is 0 Å². The van der Waals surface area contributed by atoms with Crippen molar-refractivity contribution in [1.82, 2.24) is 5.32 Å². The fourth-order valence-electron chi connectivity index (χ4n) is 2.42. The summed E-state index contributed by atoms with van der Waals surface area (Å²) in [6.07, 6.45) is 0.231. The van der Waals surface area contributed by atoms with E-state index in [0.717, 1.165) is 15.6 Å². The number of carboxylic acid groups (broad SMARTS) is 1. The molecular weight excluding hydrogens is 382 g/mol. The second-order valence-electron chi connectivity index (χ2n) is 7.02. The first-order valence-corrected chi connectivity index (χ1v) is 8.85. The van der Waals surface area contributed by atoms with E-state index in [1.54, 1.807) is 12.1 Å². The Morgan fingerprint density at radius 1 is 1.04 bits per heavy atom. The monoisotopic (exact) mass is 403 g/mol. The Hall–Kier alpha value is -2.14. The van der Waals surface area contributed by atoms with E-state index in [4.69, 9.17) is 0 Å². The van der Waals surface area contributed by atoms with Gasteiger partial charge in [0.15, 0.2) is 0 Å². The maximum atomic E-state index is 12.4. The van der Waals surface area contributed by atoms with Crippen molar-refractivity contribution in [2.24, 2.45) is 0 Å². The molecule has 2 rings (SSSR count). The van der Waals surface area contributed by atoms with Crippen LogP contribution in [0.25, 0.3) is 0 Å². The van der Waals surface area contributed by atoms with Gasteiger partial charge in [-0.3, -0.25) is 4.79 Å². The Labute approximate surface area is 156 Å². The highest BCUT2D eigenvalue weighted by Crippen LogP contribution is 2.22. The second-order valence-corrected chi connectivity index (χ2v) is 7.94. The highest BCUT2D eigenvalue weighted by Gasteiger charge is 2.21. The van der Waals surface area contributed by atoms with Gasteiger partial charge in [-0.05, 0) is 40.8 Å². The van der Waals surface area contributed by atoms with Crippen LogP contribution >= 0.6 is 15.9 Å². The van der Waals surface area contributed by atoms with Crippen LogP contribution in [0.3, 0.4) is 0 Å². The molecule has 2 aromatic rings. The molecule has 1 atom stereocenters. The van der Waals surface area contributed by atoms with Crippen molar-refractivity contribution in [3.8, 4) is 0 Å². The minimum Gasteiger partial charge on any atom is -0.480 e. The Morgan fingerprint density at radius 2 is 1.60 bits per heavy atom. The van der Waals surface area contributed by atoms with Gasteiger partial charge in [0.25, 0.3) is 5.91 Å². The molecule has 4 nitrogen and oxygen atoms in total. The maximum Gasteiger partial charge on any atom is 0.326 e. The number of carbonyl (C=O) groups is 2. The van der Waals surface area contributed by atoms with Crippen LogP contribution in [0.1, 0.15) is 42.3 Å². The quantitative estimate of drug-likeness (QED) is 0.786. The molecule has 0 aliphatic rings. The summed E-state index contributed by atoms with van der Waals surface area (Å²) >= 11 is 3.35. The molecule has 0 bridgehead atoms. The van der Waals surface area contributed by atoms with Crippen molar-refractivity contribution in [2.75, 3.05) is 0 Å². The predicted octanol–water partition coefficient (Wildman–Crippen LogP) is 4.17. The highest BCUT2D eigenvalue weighted by atomic mass is 79.9. The third-order valence-corrected chi connectivity index (χ3v) is 4.50. The number of rotatable bonds is 5. The minimum absolute atomic E-state index is 0.000188. The highest BCUT2D eigenvalue weighted by molar-refractivity contribution is 9.10. The molecule has 0 saturated carbocycles. The molecular formula is C20H22BrNO3. The van der Waals surface area contributed by atoms with Gasteiger partial charge in [-0.15, -0.1) is 0 Å². The van der Waals surface area contributed by atoms with Crippen molar-refractivity contribution in [3.05, 3.63) is 69.7 Å². The largest absolute Gasteiger partial charge is 0.480 e. The van der Waals surface area contributed by atoms with E-state index in [2.05, 4.69) is 42.0 Å². The maximum absolute atomic E-state index is 12.4. The topological polar surface area (TPSA) is 66.4 Å². The van der Waals surface area contributed by atoms with E-state index in [9.17, 15) is 14.7 Å². The molecule has 2 N–H and O–H groups in total. The molecule has 0 radical (unpaired) electrons. The number of amides is 1. The van der Waals surface area contributed by atoms with Gasteiger partial charge in [-0.25, -0.2) is 4.79 Å². The Bertz CT molecular complexity index is 746. The number of hydrogen-bond donors (Lipinski definition) is 2. The van der Waals surface area contributed by atoms with Crippen molar-refractivity contribution in [1.29, 1.82) is 0 Å². The van der Waals surface area contributed by atoms with Crippen LogP contribution in [-0.2, 0) is 16.6 Å². The fourth-order valence-corrected chi connectivity index (χ4v) is 2.68. The molecule has 0 aliphatic heterocycles. The smallest absolute Gasteiger partial charge is 0.326 e. The van der Waals surface area contributed by atoms with Gasteiger partial charge in [0.05, 0.1) is 0 Å². The van der Waals surface area contributed by atoms with Gasteiger partial charge in [0.1, 0.15) is 6.04 Å². The third-order valence-electron chi connectivity index (χ3n) is 3.97. The number of halogens is 1. The van der Waals surface area contributed by atoms with E-state index >= 15 is 0 Å². The number of carbonyl (C=O) groups excluding carboxylic acids is 1. The number of hydrogen-bond acceptors (Lipinski definition) is 2. The molecule has 0 unspecified atom stereocenters. The van der Waals surface area contributed by atoms with Crippen molar-refractivity contribution < 1.29 is 14.7 Å². The molecule has 0 aliphatic carbocycles. The lowest BCUT2D eigenvalue weighted by Gasteiger charge is -2.19. The minimum atomic E-state index is -1.05. The summed E-state index contributed by atoms with van der Waals surface area (Å²) in [7, 11) is 0. The lowest BCUT2D eigenvalue weighted by molar-refractivity contribution is -0.139. The van der Waals surface area contributed by atoms with Crippen molar-refractivity contribution in [2.45, 2.75) is 38.6 Å². The zero-order valence-electron chi connectivity index (χ0n) is 14.5. The Morgan fingerprint density at radius 3 is 2.08 bits per heavy atom. The summed E-state index contributed by atoms with van der Waals surface area (Å²) in [5.74, 6) is -1.44. The average molecular weight is 404 g/mol. The lowest BCUT2D eigenvalue weighted by Crippen LogP contribution is -2.42. The fraction of sp³-hybridized carbons (Fsp3) is 0.300. The van der Waals surface area contributed by atoms with E-state index in [1.165, 1.54) is 0 Å². The van der Waals surface area contributed by atoms with Crippen LogP contribution in [0.4, 0.5) is 0 Å². The molecule has 0 saturated heterocycles.